The molecule has 0 aliphatic heterocycles. The molecule has 12 heteroatoms. The van der Waals surface area contributed by atoms with Crippen LogP contribution in [0.1, 0.15) is 12.5 Å². The third-order valence-electron chi connectivity index (χ3n) is 6.03. The van der Waals surface area contributed by atoms with Gasteiger partial charge in [-0.25, -0.2) is 8.42 Å². The van der Waals surface area contributed by atoms with Gasteiger partial charge in [0.1, 0.15) is 24.1 Å². The SMILES string of the molecule is CNC(=O)C(C)N(Cc1ccc(Cl)c(Cl)c1)C(=O)CN(c1ccccc1OC)S(=O)(=O)c1ccc(OC)cc1. The number of halogens is 2. The number of rotatable bonds is 11. The van der Waals surface area contributed by atoms with Crippen molar-refractivity contribution in [1.82, 2.24) is 10.2 Å². The zero-order valence-corrected chi connectivity index (χ0v) is 24.2. The summed E-state index contributed by atoms with van der Waals surface area (Å²) in [4.78, 5) is 27.7. The van der Waals surface area contributed by atoms with Crippen molar-refractivity contribution in [2.24, 2.45) is 0 Å². The van der Waals surface area contributed by atoms with Crippen molar-refractivity contribution in [3.63, 3.8) is 0 Å². The first-order valence-electron chi connectivity index (χ1n) is 11.8. The number of sulfonamides is 1. The Kier molecular flexibility index (Phi) is 10.1. The summed E-state index contributed by atoms with van der Waals surface area (Å²) in [5, 5.41) is 3.16. The number of hydrogen-bond donors (Lipinski definition) is 1. The van der Waals surface area contributed by atoms with Crippen LogP contribution in [0.3, 0.4) is 0 Å². The van der Waals surface area contributed by atoms with Crippen LogP contribution < -0.4 is 19.1 Å². The second-order valence-electron chi connectivity index (χ2n) is 8.42. The molecule has 1 unspecified atom stereocenters. The lowest BCUT2D eigenvalue weighted by Gasteiger charge is -2.32. The van der Waals surface area contributed by atoms with Crippen LogP contribution in [0.2, 0.25) is 10.0 Å². The average Bonchev–Trinajstić information content (AvgIpc) is 2.95. The first kappa shape index (κ1) is 30.1. The predicted octanol–water partition coefficient (Wildman–Crippen LogP) is 4.37. The Morgan fingerprint density at radius 2 is 1.62 bits per heavy atom. The summed E-state index contributed by atoms with van der Waals surface area (Å²) in [6, 6.07) is 16.2. The first-order valence-corrected chi connectivity index (χ1v) is 14.0. The van der Waals surface area contributed by atoms with Crippen molar-refractivity contribution >= 4 is 50.7 Å². The van der Waals surface area contributed by atoms with Crippen LogP contribution in [0.5, 0.6) is 11.5 Å². The second-order valence-corrected chi connectivity index (χ2v) is 11.1. The zero-order valence-electron chi connectivity index (χ0n) is 21.9. The van der Waals surface area contributed by atoms with Crippen molar-refractivity contribution in [1.29, 1.82) is 0 Å². The van der Waals surface area contributed by atoms with E-state index in [1.807, 2.05) is 0 Å². The fraction of sp³-hybridized carbons (Fsp3) is 0.259. The largest absolute Gasteiger partial charge is 0.497 e. The van der Waals surface area contributed by atoms with E-state index in [1.54, 1.807) is 49.4 Å². The quantitative estimate of drug-likeness (QED) is 0.354. The van der Waals surface area contributed by atoms with Crippen molar-refractivity contribution < 1.29 is 27.5 Å². The Morgan fingerprint density at radius 3 is 2.21 bits per heavy atom. The molecule has 3 aromatic carbocycles. The topological polar surface area (TPSA) is 105 Å². The van der Waals surface area contributed by atoms with Gasteiger partial charge < -0.3 is 19.7 Å². The molecule has 3 rings (SSSR count). The third-order valence-corrected chi connectivity index (χ3v) is 8.54. The molecule has 0 aromatic heterocycles. The summed E-state index contributed by atoms with van der Waals surface area (Å²) in [5.41, 5.74) is 0.765. The minimum Gasteiger partial charge on any atom is -0.497 e. The molecule has 39 heavy (non-hydrogen) atoms. The maximum absolute atomic E-state index is 13.9. The smallest absolute Gasteiger partial charge is 0.264 e. The monoisotopic (exact) mass is 593 g/mol. The molecule has 0 fully saturated rings. The molecule has 0 heterocycles. The summed E-state index contributed by atoms with van der Waals surface area (Å²) in [6.45, 7) is 0.920. The number of ether oxygens (including phenoxy) is 2. The van der Waals surface area contributed by atoms with Gasteiger partial charge in [0.05, 0.1) is 34.8 Å². The molecule has 3 aromatic rings. The molecular formula is C27H29Cl2N3O6S. The number of nitrogens with one attached hydrogen (secondary N) is 1. The van der Waals surface area contributed by atoms with Gasteiger partial charge in [-0.3, -0.25) is 13.9 Å². The van der Waals surface area contributed by atoms with Gasteiger partial charge in [0.2, 0.25) is 11.8 Å². The van der Waals surface area contributed by atoms with Gasteiger partial charge in [0.15, 0.2) is 0 Å². The fourth-order valence-electron chi connectivity index (χ4n) is 3.85. The van der Waals surface area contributed by atoms with E-state index in [-0.39, 0.29) is 27.9 Å². The maximum Gasteiger partial charge on any atom is 0.264 e. The highest BCUT2D eigenvalue weighted by Gasteiger charge is 2.33. The minimum atomic E-state index is -4.27. The van der Waals surface area contributed by atoms with Crippen molar-refractivity contribution in [2.45, 2.75) is 24.4 Å². The summed E-state index contributed by atoms with van der Waals surface area (Å²) in [6.07, 6.45) is 0. The average molecular weight is 595 g/mol. The molecule has 0 saturated heterocycles. The maximum atomic E-state index is 13.9. The Morgan fingerprint density at radius 1 is 0.949 bits per heavy atom. The van der Waals surface area contributed by atoms with Gasteiger partial charge in [-0.1, -0.05) is 41.4 Å². The van der Waals surface area contributed by atoms with Crippen LogP contribution in [0, 0.1) is 0 Å². The van der Waals surface area contributed by atoms with E-state index in [0.29, 0.717) is 16.3 Å². The van der Waals surface area contributed by atoms with E-state index < -0.39 is 34.4 Å². The molecular weight excluding hydrogens is 565 g/mol. The van der Waals surface area contributed by atoms with E-state index in [2.05, 4.69) is 5.32 Å². The molecule has 1 N–H and O–H groups in total. The molecule has 9 nitrogen and oxygen atoms in total. The summed E-state index contributed by atoms with van der Waals surface area (Å²) in [7, 11) is 0.0659. The van der Waals surface area contributed by atoms with E-state index in [4.69, 9.17) is 32.7 Å². The molecule has 0 aliphatic carbocycles. The van der Waals surface area contributed by atoms with E-state index in [9.17, 15) is 18.0 Å². The number of para-hydroxylation sites is 2. The van der Waals surface area contributed by atoms with Crippen molar-refractivity contribution in [2.75, 3.05) is 32.1 Å². The van der Waals surface area contributed by atoms with Gasteiger partial charge in [-0.05, 0) is 61.0 Å². The number of benzene rings is 3. The van der Waals surface area contributed by atoms with Crippen LogP contribution in [-0.2, 0) is 26.2 Å². The van der Waals surface area contributed by atoms with Gasteiger partial charge in [-0.2, -0.15) is 0 Å². The first-order chi connectivity index (χ1) is 18.5. The number of anilines is 1. The Bertz CT molecular complexity index is 1430. The molecule has 2 amide bonds. The summed E-state index contributed by atoms with van der Waals surface area (Å²) >= 11 is 12.2. The van der Waals surface area contributed by atoms with E-state index in [0.717, 1.165) is 4.31 Å². The Labute approximate surface area is 238 Å². The lowest BCUT2D eigenvalue weighted by atomic mass is 10.1. The summed E-state index contributed by atoms with van der Waals surface area (Å²) < 4.78 is 39.3. The molecule has 208 valence electrons. The van der Waals surface area contributed by atoms with Gasteiger partial charge in [0.25, 0.3) is 10.0 Å². The number of nitrogens with zero attached hydrogens (tertiary/aromatic N) is 2. The summed E-state index contributed by atoms with van der Waals surface area (Å²) in [5.74, 6) is -0.329. The highest BCUT2D eigenvalue weighted by molar-refractivity contribution is 7.92. The number of hydrogen-bond acceptors (Lipinski definition) is 6. The van der Waals surface area contributed by atoms with Crippen LogP contribution in [0.4, 0.5) is 5.69 Å². The molecule has 0 aliphatic rings. The molecule has 0 spiro atoms. The van der Waals surface area contributed by atoms with Crippen LogP contribution in [0.15, 0.2) is 71.6 Å². The van der Waals surface area contributed by atoms with Crippen molar-refractivity contribution in [3.05, 3.63) is 82.3 Å². The van der Waals surface area contributed by atoms with E-state index in [1.165, 1.54) is 50.4 Å². The molecule has 0 bridgehead atoms. The van der Waals surface area contributed by atoms with Gasteiger partial charge in [0, 0.05) is 13.6 Å². The normalized spacial score (nSPS) is 11.8. The fourth-order valence-corrected chi connectivity index (χ4v) is 5.60. The number of carbonyl (C=O) groups excluding carboxylic acids is 2. The highest BCUT2D eigenvalue weighted by Crippen LogP contribution is 2.33. The third kappa shape index (κ3) is 6.95. The van der Waals surface area contributed by atoms with Crippen molar-refractivity contribution in [3.8, 4) is 11.5 Å². The van der Waals surface area contributed by atoms with Gasteiger partial charge in [-0.15, -0.1) is 0 Å². The van der Waals surface area contributed by atoms with Crippen LogP contribution in [-0.4, -0.2) is 59.0 Å². The minimum absolute atomic E-state index is 0.0212. The Balaban J connectivity index is 2.08. The zero-order chi connectivity index (χ0) is 28.7. The number of amides is 2. The predicted molar refractivity (Wildman–Crippen MR) is 151 cm³/mol. The standard InChI is InChI=1S/C27H29Cl2N3O6S/c1-18(27(34)30-2)31(16-19-9-14-22(28)23(29)15-19)26(33)17-32(24-7-5-6-8-25(24)38-4)39(35,36)21-12-10-20(37-3)11-13-21/h5-15,18H,16-17H2,1-4H3,(H,30,34). The van der Waals surface area contributed by atoms with Crippen LogP contribution >= 0.6 is 23.2 Å². The number of likely N-dealkylation sites (N-methyl/N-ethyl adjacent to an activating group) is 1. The number of methoxy groups -OCH3 is 2. The van der Waals surface area contributed by atoms with Crippen LogP contribution in [0.25, 0.3) is 0 Å². The van der Waals surface area contributed by atoms with Gasteiger partial charge >= 0.3 is 0 Å². The van der Waals surface area contributed by atoms with E-state index >= 15 is 0 Å². The lowest BCUT2D eigenvalue weighted by molar-refractivity contribution is -0.139. The Hall–Kier alpha value is -3.47. The molecule has 1 atom stereocenters. The molecule has 0 radical (unpaired) electrons. The number of carbonyl (C=O) groups is 2. The molecule has 0 saturated carbocycles. The highest BCUT2D eigenvalue weighted by atomic mass is 35.5. The lowest BCUT2D eigenvalue weighted by Crippen LogP contribution is -2.50. The second kappa shape index (κ2) is 13.1.